The molecule has 9 heteroatoms. The predicted octanol–water partition coefficient (Wildman–Crippen LogP) is 5.10. The summed E-state index contributed by atoms with van der Waals surface area (Å²) in [7, 11) is 0. The molecule has 0 atom stereocenters. The maximum atomic E-state index is 11.8. The highest BCUT2D eigenvalue weighted by atomic mass is 35.5. The van der Waals surface area contributed by atoms with Crippen LogP contribution in [0.25, 0.3) is 10.8 Å². The van der Waals surface area contributed by atoms with Crippen LogP contribution in [0, 0.1) is 0 Å². The Balaban J connectivity index is 0.00000193. The number of hydrogen-bond donors (Lipinski definition) is 1. The van der Waals surface area contributed by atoms with Crippen LogP contribution in [0.5, 0.6) is 5.75 Å². The highest BCUT2D eigenvalue weighted by Crippen LogP contribution is 2.18. The molecule has 0 aliphatic carbocycles. The van der Waals surface area contributed by atoms with Crippen molar-refractivity contribution in [1.29, 1.82) is 0 Å². The van der Waals surface area contributed by atoms with E-state index in [4.69, 9.17) is 4.74 Å². The van der Waals surface area contributed by atoms with E-state index in [-0.39, 0.29) is 42.8 Å². The zero-order chi connectivity index (χ0) is 21.3. The van der Waals surface area contributed by atoms with Crippen LogP contribution in [0.4, 0.5) is 0 Å². The summed E-state index contributed by atoms with van der Waals surface area (Å²) >= 11 is 0. The van der Waals surface area contributed by atoms with E-state index in [2.05, 4.69) is 38.1 Å². The number of halogens is 3. The molecule has 4 rings (SSSR count). The van der Waals surface area contributed by atoms with Gasteiger partial charge in [-0.25, -0.2) is 0 Å². The van der Waals surface area contributed by atoms with Crippen LogP contribution in [-0.4, -0.2) is 39.5 Å². The number of hydrogen-bond acceptors (Lipinski definition) is 5. The van der Waals surface area contributed by atoms with Crippen LogP contribution in [0.2, 0.25) is 0 Å². The molecule has 0 aliphatic rings. The van der Waals surface area contributed by atoms with E-state index in [1.165, 1.54) is 11.1 Å². The Morgan fingerprint density at radius 1 is 0.882 bits per heavy atom. The summed E-state index contributed by atoms with van der Waals surface area (Å²) in [6, 6.07) is 15.7. The molecule has 3 aromatic heterocycles. The van der Waals surface area contributed by atoms with Gasteiger partial charge in [0.05, 0.1) is 6.61 Å². The molecular formula is C25H29Cl3N4O2. The number of aromatic nitrogens is 3. The third-order valence-electron chi connectivity index (χ3n) is 5.23. The van der Waals surface area contributed by atoms with E-state index in [0.717, 1.165) is 43.6 Å². The minimum Gasteiger partial charge on any atom is -0.494 e. The molecule has 1 N–H and O–H groups in total. The van der Waals surface area contributed by atoms with Gasteiger partial charge in [-0.15, -0.1) is 37.2 Å². The van der Waals surface area contributed by atoms with Crippen molar-refractivity contribution in [3.8, 4) is 5.75 Å². The molecule has 1 aromatic carbocycles. The Morgan fingerprint density at radius 3 is 2.47 bits per heavy atom. The monoisotopic (exact) mass is 522 g/mol. The zero-order valence-electron chi connectivity index (χ0n) is 18.6. The number of aromatic amines is 1. The van der Waals surface area contributed by atoms with E-state index < -0.39 is 0 Å². The van der Waals surface area contributed by atoms with Crippen molar-refractivity contribution < 1.29 is 4.74 Å². The largest absolute Gasteiger partial charge is 0.494 e. The van der Waals surface area contributed by atoms with E-state index in [9.17, 15) is 4.79 Å². The van der Waals surface area contributed by atoms with Crippen LogP contribution in [0.3, 0.4) is 0 Å². The van der Waals surface area contributed by atoms with Crippen molar-refractivity contribution in [1.82, 2.24) is 19.9 Å². The van der Waals surface area contributed by atoms with Gasteiger partial charge in [0.2, 0.25) is 0 Å². The SMILES string of the molecule is Cl.Cl.Cl.O=c1[nH]ccc2cc(OCCCN(CCc3cccnc3)Cc3ccncc3)ccc12. The van der Waals surface area contributed by atoms with E-state index >= 15 is 0 Å². The molecule has 0 fully saturated rings. The number of H-pyrrole nitrogens is 1. The van der Waals surface area contributed by atoms with Crippen molar-refractivity contribution in [2.75, 3.05) is 19.7 Å². The van der Waals surface area contributed by atoms with Crippen molar-refractivity contribution in [2.24, 2.45) is 0 Å². The molecule has 0 saturated carbocycles. The maximum Gasteiger partial charge on any atom is 0.255 e. The van der Waals surface area contributed by atoms with Crippen LogP contribution in [0.15, 0.2) is 84.3 Å². The first-order valence-electron chi connectivity index (χ1n) is 10.5. The van der Waals surface area contributed by atoms with Gasteiger partial charge in [0.25, 0.3) is 5.56 Å². The van der Waals surface area contributed by atoms with Crippen LogP contribution in [-0.2, 0) is 13.0 Å². The molecule has 0 unspecified atom stereocenters. The summed E-state index contributed by atoms with van der Waals surface area (Å²) < 4.78 is 5.96. The number of nitrogens with zero attached hydrogens (tertiary/aromatic N) is 3. The Morgan fingerprint density at radius 2 is 1.71 bits per heavy atom. The Bertz CT molecular complexity index is 1160. The molecule has 0 saturated heterocycles. The number of pyridine rings is 3. The molecule has 0 amide bonds. The maximum absolute atomic E-state index is 11.8. The lowest BCUT2D eigenvalue weighted by Gasteiger charge is -2.22. The zero-order valence-corrected chi connectivity index (χ0v) is 21.1. The summed E-state index contributed by atoms with van der Waals surface area (Å²) in [6.07, 6.45) is 10.9. The Labute approximate surface area is 218 Å². The van der Waals surface area contributed by atoms with Crippen LogP contribution < -0.4 is 10.3 Å². The number of benzene rings is 1. The summed E-state index contributed by atoms with van der Waals surface area (Å²) in [5.41, 5.74) is 2.41. The minimum absolute atomic E-state index is 0. The van der Waals surface area contributed by atoms with Gasteiger partial charge in [-0.05, 0) is 71.8 Å². The van der Waals surface area contributed by atoms with E-state index in [1.807, 2.05) is 48.9 Å². The van der Waals surface area contributed by atoms with Gasteiger partial charge in [-0.1, -0.05) is 6.07 Å². The van der Waals surface area contributed by atoms with Gasteiger partial charge in [0.1, 0.15) is 5.75 Å². The van der Waals surface area contributed by atoms with Crippen molar-refractivity contribution in [3.05, 3.63) is 101 Å². The fourth-order valence-electron chi connectivity index (χ4n) is 3.59. The smallest absolute Gasteiger partial charge is 0.255 e. The summed E-state index contributed by atoms with van der Waals surface area (Å²) in [5, 5.41) is 1.56. The fraction of sp³-hybridized carbons (Fsp3) is 0.240. The van der Waals surface area contributed by atoms with Crippen molar-refractivity contribution >= 4 is 48.0 Å². The van der Waals surface area contributed by atoms with Gasteiger partial charge >= 0.3 is 0 Å². The second-order valence-electron chi connectivity index (χ2n) is 7.50. The third-order valence-corrected chi connectivity index (χ3v) is 5.23. The number of ether oxygens (including phenoxy) is 1. The third kappa shape index (κ3) is 8.61. The average molecular weight is 524 g/mol. The van der Waals surface area contributed by atoms with Gasteiger partial charge in [0, 0.05) is 56.0 Å². The lowest BCUT2D eigenvalue weighted by atomic mass is 10.1. The molecule has 34 heavy (non-hydrogen) atoms. The van der Waals surface area contributed by atoms with E-state index in [1.54, 1.807) is 12.4 Å². The molecule has 6 nitrogen and oxygen atoms in total. The summed E-state index contributed by atoms with van der Waals surface area (Å²) in [5.74, 6) is 0.786. The summed E-state index contributed by atoms with van der Waals surface area (Å²) in [4.78, 5) is 25.3. The molecule has 0 bridgehead atoms. The van der Waals surface area contributed by atoms with Gasteiger partial charge in [0.15, 0.2) is 0 Å². The first-order valence-corrected chi connectivity index (χ1v) is 10.5. The van der Waals surface area contributed by atoms with Gasteiger partial charge < -0.3 is 9.72 Å². The molecule has 3 heterocycles. The lowest BCUT2D eigenvalue weighted by Crippen LogP contribution is -2.28. The van der Waals surface area contributed by atoms with Crippen molar-refractivity contribution in [3.63, 3.8) is 0 Å². The van der Waals surface area contributed by atoms with E-state index in [0.29, 0.717) is 12.0 Å². The average Bonchev–Trinajstić information content (AvgIpc) is 2.81. The first-order chi connectivity index (χ1) is 15.3. The molecule has 0 aliphatic heterocycles. The topological polar surface area (TPSA) is 71.1 Å². The Kier molecular flexibility index (Phi) is 13.2. The normalized spacial score (nSPS) is 10.1. The molecule has 182 valence electrons. The number of fused-ring (bicyclic) bond motifs is 1. The second-order valence-corrected chi connectivity index (χ2v) is 7.50. The Hall–Kier alpha value is -2.64. The molecule has 0 spiro atoms. The fourth-order valence-corrected chi connectivity index (χ4v) is 3.59. The highest BCUT2D eigenvalue weighted by Gasteiger charge is 2.08. The van der Waals surface area contributed by atoms with Gasteiger partial charge in [-0.3, -0.25) is 19.7 Å². The number of rotatable bonds is 10. The summed E-state index contributed by atoms with van der Waals surface area (Å²) in [6.45, 7) is 3.37. The molecule has 0 radical (unpaired) electrons. The van der Waals surface area contributed by atoms with Crippen LogP contribution in [0.1, 0.15) is 17.5 Å². The van der Waals surface area contributed by atoms with Gasteiger partial charge in [-0.2, -0.15) is 0 Å². The lowest BCUT2D eigenvalue weighted by molar-refractivity contribution is 0.230. The van der Waals surface area contributed by atoms with Crippen LogP contribution >= 0.6 is 37.2 Å². The molecule has 4 aromatic rings. The number of nitrogens with one attached hydrogen (secondary N) is 1. The highest BCUT2D eigenvalue weighted by molar-refractivity contribution is 5.86. The standard InChI is InChI=1S/C25H26N4O2.3ClH/c30-25-24-5-4-23(17-22(24)8-13-28-25)31-16-2-14-29(19-21-6-11-26-12-7-21)15-9-20-3-1-10-27-18-20;;;/h1,3-8,10-13,17-18H,2,9,14-16,19H2,(H,28,30);3*1H. The first kappa shape index (κ1) is 29.4. The predicted molar refractivity (Wildman–Crippen MR) is 144 cm³/mol. The minimum atomic E-state index is -0.0792. The molecular weight excluding hydrogens is 495 g/mol. The quantitative estimate of drug-likeness (QED) is 0.293. The second kappa shape index (κ2) is 15.3. The van der Waals surface area contributed by atoms with Crippen molar-refractivity contribution in [2.45, 2.75) is 19.4 Å².